The monoisotopic (exact) mass is 415 g/mol. The van der Waals surface area contributed by atoms with Crippen molar-refractivity contribution in [1.29, 1.82) is 0 Å². The highest BCUT2D eigenvalue weighted by Gasteiger charge is 2.24. The molecule has 2 aromatic rings. The summed E-state index contributed by atoms with van der Waals surface area (Å²) in [6.45, 7) is 5.55. The number of carbonyl (C=O) groups excluding carboxylic acids is 1. The van der Waals surface area contributed by atoms with Gasteiger partial charge in [0.1, 0.15) is 0 Å². The Morgan fingerprint density at radius 3 is 2.59 bits per heavy atom. The summed E-state index contributed by atoms with van der Waals surface area (Å²) < 4.78 is 5.36. The number of hydrogen-bond acceptors (Lipinski definition) is 6. The number of anilines is 1. The minimum absolute atomic E-state index is 0.132. The van der Waals surface area contributed by atoms with E-state index in [1.807, 2.05) is 11.0 Å². The summed E-state index contributed by atoms with van der Waals surface area (Å²) in [5.74, 6) is 0.300. The Kier molecular flexibility index (Phi) is 6.59. The van der Waals surface area contributed by atoms with Crippen molar-refractivity contribution >= 4 is 23.5 Å². The first-order valence-electron chi connectivity index (χ1n) is 10.1. The maximum absolute atomic E-state index is 12.8. The van der Waals surface area contributed by atoms with Crippen LogP contribution in [0.15, 0.2) is 36.5 Å². The number of hydrogen-bond donors (Lipinski definition) is 1. The molecule has 154 valence electrons. The molecule has 1 aromatic heterocycles. The fourth-order valence-corrected chi connectivity index (χ4v) is 3.94. The molecule has 3 heterocycles. The molecule has 1 amide bonds. The molecule has 0 unspecified atom stereocenters. The second kappa shape index (κ2) is 9.52. The summed E-state index contributed by atoms with van der Waals surface area (Å²) in [6, 6.07) is 10.6. The predicted octanol–water partition coefficient (Wildman–Crippen LogP) is 2.36. The summed E-state index contributed by atoms with van der Waals surface area (Å²) in [4.78, 5) is 26.0. The predicted molar refractivity (Wildman–Crippen MR) is 112 cm³/mol. The summed E-state index contributed by atoms with van der Waals surface area (Å²) in [6.07, 6.45) is 3.34. The van der Waals surface area contributed by atoms with E-state index in [2.05, 4.69) is 44.5 Å². The van der Waals surface area contributed by atoms with E-state index in [-0.39, 0.29) is 22.7 Å². The van der Waals surface area contributed by atoms with Gasteiger partial charge in [0.15, 0.2) is 5.69 Å². The van der Waals surface area contributed by atoms with Crippen LogP contribution in [0.1, 0.15) is 28.9 Å². The molecule has 1 N–H and O–H groups in total. The van der Waals surface area contributed by atoms with Gasteiger partial charge in [0.25, 0.3) is 5.91 Å². The van der Waals surface area contributed by atoms with Crippen LogP contribution < -0.4 is 10.2 Å². The molecule has 0 spiro atoms. The minimum Gasteiger partial charge on any atom is -0.378 e. The summed E-state index contributed by atoms with van der Waals surface area (Å²) in [5, 5.41) is 3.39. The molecule has 2 saturated heterocycles. The molecule has 0 aliphatic carbocycles. The molecule has 2 aliphatic heterocycles. The Morgan fingerprint density at radius 1 is 1.14 bits per heavy atom. The fourth-order valence-electron chi connectivity index (χ4n) is 3.76. The molecule has 8 heteroatoms. The summed E-state index contributed by atoms with van der Waals surface area (Å²) in [7, 11) is 0. The third-order valence-corrected chi connectivity index (χ3v) is 5.69. The number of likely N-dealkylation sites (tertiary alicyclic amines) is 1. The second-order valence-corrected chi connectivity index (χ2v) is 7.88. The Bertz CT molecular complexity index is 821. The van der Waals surface area contributed by atoms with Crippen molar-refractivity contribution in [3.8, 4) is 0 Å². The largest absolute Gasteiger partial charge is 0.378 e. The molecule has 29 heavy (non-hydrogen) atoms. The average molecular weight is 416 g/mol. The number of amides is 1. The van der Waals surface area contributed by atoms with Gasteiger partial charge < -0.3 is 15.0 Å². The molecule has 0 bridgehead atoms. The van der Waals surface area contributed by atoms with Crippen LogP contribution in [-0.4, -0.2) is 66.2 Å². The van der Waals surface area contributed by atoms with Crippen molar-refractivity contribution in [3.63, 3.8) is 0 Å². The summed E-state index contributed by atoms with van der Waals surface area (Å²) in [5.41, 5.74) is 1.56. The lowest BCUT2D eigenvalue weighted by Crippen LogP contribution is -2.44. The second-order valence-electron chi connectivity index (χ2n) is 7.48. The maximum Gasteiger partial charge on any atom is 0.271 e. The lowest BCUT2D eigenvalue weighted by Gasteiger charge is -2.32. The number of benzene rings is 1. The van der Waals surface area contributed by atoms with Gasteiger partial charge >= 0.3 is 0 Å². The molecule has 1 aromatic carbocycles. The Morgan fingerprint density at radius 2 is 1.86 bits per heavy atom. The quantitative estimate of drug-likeness (QED) is 0.808. The van der Waals surface area contributed by atoms with Crippen LogP contribution in [0.3, 0.4) is 0 Å². The van der Waals surface area contributed by atoms with Crippen molar-refractivity contribution < 1.29 is 9.53 Å². The number of aromatic nitrogens is 2. The van der Waals surface area contributed by atoms with E-state index in [0.29, 0.717) is 32.3 Å². The van der Waals surface area contributed by atoms with Gasteiger partial charge in [-0.25, -0.2) is 9.97 Å². The van der Waals surface area contributed by atoms with Crippen molar-refractivity contribution in [2.75, 3.05) is 44.3 Å². The lowest BCUT2D eigenvalue weighted by atomic mass is 10.0. The first-order chi connectivity index (χ1) is 14.2. The van der Waals surface area contributed by atoms with Crippen LogP contribution in [0.25, 0.3) is 0 Å². The van der Waals surface area contributed by atoms with Gasteiger partial charge in [-0.1, -0.05) is 41.9 Å². The van der Waals surface area contributed by atoms with Gasteiger partial charge in [0, 0.05) is 38.8 Å². The maximum atomic E-state index is 12.8. The van der Waals surface area contributed by atoms with Crippen LogP contribution in [0.2, 0.25) is 5.02 Å². The third kappa shape index (κ3) is 5.23. The number of ether oxygens (including phenoxy) is 1. The van der Waals surface area contributed by atoms with E-state index in [1.54, 1.807) is 0 Å². The standard InChI is InChI=1S/C21H26ClN5O2/c22-18-14-23-21(27-10-12-29-13-11-27)25-19(18)20(28)24-17-6-8-26(9-7-17)15-16-4-2-1-3-5-16/h1-5,14,17H,6-13,15H2,(H,24,28). The molecule has 0 saturated carbocycles. The molecule has 7 nitrogen and oxygen atoms in total. The zero-order valence-corrected chi connectivity index (χ0v) is 17.1. The highest BCUT2D eigenvalue weighted by atomic mass is 35.5. The van der Waals surface area contributed by atoms with Gasteiger partial charge in [0.2, 0.25) is 5.95 Å². The first-order valence-corrected chi connectivity index (χ1v) is 10.5. The number of halogens is 1. The zero-order chi connectivity index (χ0) is 20.1. The number of carbonyl (C=O) groups is 1. The molecule has 0 atom stereocenters. The molecule has 4 rings (SSSR count). The Hall–Kier alpha value is -2.22. The molecular formula is C21H26ClN5O2. The van der Waals surface area contributed by atoms with E-state index in [1.165, 1.54) is 11.8 Å². The third-order valence-electron chi connectivity index (χ3n) is 5.41. The SMILES string of the molecule is O=C(NC1CCN(Cc2ccccc2)CC1)c1nc(N2CCOCC2)ncc1Cl. The Labute approximate surface area is 176 Å². The van der Waals surface area contributed by atoms with Crippen molar-refractivity contribution in [2.24, 2.45) is 0 Å². The van der Waals surface area contributed by atoms with Crippen LogP contribution in [-0.2, 0) is 11.3 Å². The van der Waals surface area contributed by atoms with Crippen LogP contribution in [0.5, 0.6) is 0 Å². The molecule has 2 aliphatic rings. The van der Waals surface area contributed by atoms with Gasteiger partial charge in [-0.15, -0.1) is 0 Å². The first kappa shape index (κ1) is 20.1. The number of nitrogens with one attached hydrogen (secondary N) is 1. The van der Waals surface area contributed by atoms with Crippen molar-refractivity contribution in [3.05, 3.63) is 52.8 Å². The number of rotatable bonds is 5. The van der Waals surface area contributed by atoms with Gasteiger partial charge in [-0.3, -0.25) is 9.69 Å². The highest BCUT2D eigenvalue weighted by molar-refractivity contribution is 6.33. The van der Waals surface area contributed by atoms with Gasteiger partial charge in [0.05, 0.1) is 24.4 Å². The van der Waals surface area contributed by atoms with Gasteiger partial charge in [-0.2, -0.15) is 0 Å². The summed E-state index contributed by atoms with van der Waals surface area (Å²) >= 11 is 6.22. The van der Waals surface area contributed by atoms with Crippen LogP contribution >= 0.6 is 11.6 Å². The highest BCUT2D eigenvalue weighted by Crippen LogP contribution is 2.19. The van der Waals surface area contributed by atoms with Gasteiger partial charge in [-0.05, 0) is 18.4 Å². The van der Waals surface area contributed by atoms with E-state index in [9.17, 15) is 4.79 Å². The lowest BCUT2D eigenvalue weighted by molar-refractivity contribution is 0.0903. The minimum atomic E-state index is -0.228. The number of nitrogens with zero attached hydrogens (tertiary/aromatic N) is 4. The van der Waals surface area contributed by atoms with E-state index < -0.39 is 0 Å². The van der Waals surface area contributed by atoms with Crippen molar-refractivity contribution in [1.82, 2.24) is 20.2 Å². The molecule has 0 radical (unpaired) electrons. The Balaban J connectivity index is 1.32. The smallest absolute Gasteiger partial charge is 0.271 e. The van der Waals surface area contributed by atoms with E-state index in [4.69, 9.17) is 16.3 Å². The van der Waals surface area contributed by atoms with Crippen LogP contribution in [0.4, 0.5) is 5.95 Å². The zero-order valence-electron chi connectivity index (χ0n) is 16.4. The average Bonchev–Trinajstić information content (AvgIpc) is 2.77. The number of piperidine rings is 1. The van der Waals surface area contributed by atoms with Crippen LogP contribution in [0, 0.1) is 0 Å². The topological polar surface area (TPSA) is 70.6 Å². The van der Waals surface area contributed by atoms with Crippen molar-refractivity contribution in [2.45, 2.75) is 25.4 Å². The fraction of sp³-hybridized carbons (Fsp3) is 0.476. The molecule has 2 fully saturated rings. The molecular weight excluding hydrogens is 390 g/mol. The van der Waals surface area contributed by atoms with E-state index in [0.717, 1.165) is 32.5 Å². The number of morpholine rings is 1. The normalized spacial score (nSPS) is 18.6. The van der Waals surface area contributed by atoms with E-state index >= 15 is 0 Å².